The minimum atomic E-state index is -0.782. The smallest absolute Gasteiger partial charge is 0.262 e. The van der Waals surface area contributed by atoms with E-state index in [-0.39, 0.29) is 5.56 Å². The van der Waals surface area contributed by atoms with Crippen LogP contribution in [-0.4, -0.2) is 15.9 Å². The van der Waals surface area contributed by atoms with Gasteiger partial charge in [-0.1, -0.05) is 0 Å². The van der Waals surface area contributed by atoms with Crippen molar-refractivity contribution in [1.29, 1.82) is 0 Å². The van der Waals surface area contributed by atoms with Crippen LogP contribution in [0.5, 0.6) is 0 Å². The summed E-state index contributed by atoms with van der Waals surface area (Å²) in [5.41, 5.74) is 0.773. The molecule has 0 atom stereocenters. The van der Waals surface area contributed by atoms with E-state index in [9.17, 15) is 9.18 Å². The molecule has 2 heterocycles. The molecular weight excluding hydrogens is 241 g/mol. The fourth-order valence-electron chi connectivity index (χ4n) is 1.25. The van der Waals surface area contributed by atoms with Gasteiger partial charge in [0.05, 0.1) is 11.3 Å². The van der Waals surface area contributed by atoms with Gasteiger partial charge < -0.3 is 0 Å². The molecule has 2 aromatic rings. The molecule has 88 valence electrons. The summed E-state index contributed by atoms with van der Waals surface area (Å²) in [7, 11) is 0. The molecule has 4 nitrogen and oxygen atoms in total. The van der Waals surface area contributed by atoms with Gasteiger partial charge in [-0.05, 0) is 26.0 Å². The van der Waals surface area contributed by atoms with Crippen LogP contribution in [0.1, 0.15) is 20.9 Å². The van der Waals surface area contributed by atoms with Gasteiger partial charge in [-0.2, -0.15) is 4.39 Å². The molecule has 1 amide bonds. The van der Waals surface area contributed by atoms with Crippen molar-refractivity contribution in [2.75, 3.05) is 5.32 Å². The zero-order valence-electron chi connectivity index (χ0n) is 9.32. The number of carbonyl (C=O) groups is 1. The standard InChI is InChI=1S/C11H10FN3OS/c1-6-7(2)17-11(14-6)15-10(16)8-4-3-5-13-9(8)12/h3-5H,1-2H3,(H,14,15,16). The Morgan fingerprint density at radius 3 is 2.82 bits per heavy atom. The van der Waals surface area contributed by atoms with Gasteiger partial charge in [-0.25, -0.2) is 9.97 Å². The van der Waals surface area contributed by atoms with Crippen molar-refractivity contribution < 1.29 is 9.18 Å². The number of pyridine rings is 1. The van der Waals surface area contributed by atoms with Crippen molar-refractivity contribution in [1.82, 2.24) is 9.97 Å². The number of thiazole rings is 1. The van der Waals surface area contributed by atoms with E-state index in [4.69, 9.17) is 0 Å². The molecular formula is C11H10FN3OS. The van der Waals surface area contributed by atoms with Crippen LogP contribution < -0.4 is 5.32 Å². The van der Waals surface area contributed by atoms with Crippen molar-refractivity contribution in [3.63, 3.8) is 0 Å². The lowest BCUT2D eigenvalue weighted by molar-refractivity contribution is 0.102. The minimum absolute atomic E-state index is 0.0852. The number of anilines is 1. The fraction of sp³-hybridized carbons (Fsp3) is 0.182. The monoisotopic (exact) mass is 251 g/mol. The van der Waals surface area contributed by atoms with Crippen LogP contribution in [0.25, 0.3) is 0 Å². The number of halogens is 1. The highest BCUT2D eigenvalue weighted by Crippen LogP contribution is 2.21. The Balaban J connectivity index is 2.20. The first-order chi connectivity index (χ1) is 8.08. The van der Waals surface area contributed by atoms with Gasteiger partial charge >= 0.3 is 0 Å². The Kier molecular flexibility index (Phi) is 3.14. The average molecular weight is 251 g/mol. The quantitative estimate of drug-likeness (QED) is 0.834. The van der Waals surface area contributed by atoms with Crippen molar-refractivity contribution >= 4 is 22.4 Å². The van der Waals surface area contributed by atoms with Gasteiger partial charge in [0.1, 0.15) is 0 Å². The lowest BCUT2D eigenvalue weighted by Gasteiger charge is -2.01. The summed E-state index contributed by atoms with van der Waals surface area (Å²) in [6.45, 7) is 3.76. The van der Waals surface area contributed by atoms with E-state index in [1.807, 2.05) is 13.8 Å². The Bertz CT molecular complexity index is 548. The Labute approximate surface area is 102 Å². The summed E-state index contributed by atoms with van der Waals surface area (Å²) in [4.78, 5) is 20.3. The summed E-state index contributed by atoms with van der Waals surface area (Å²) in [6, 6.07) is 2.89. The first-order valence-electron chi connectivity index (χ1n) is 4.94. The Morgan fingerprint density at radius 1 is 1.47 bits per heavy atom. The van der Waals surface area contributed by atoms with Crippen LogP contribution in [-0.2, 0) is 0 Å². The predicted octanol–water partition coefficient (Wildman–Crippen LogP) is 2.55. The highest BCUT2D eigenvalue weighted by atomic mass is 32.1. The fourth-order valence-corrected chi connectivity index (χ4v) is 2.06. The van der Waals surface area contributed by atoms with E-state index in [1.54, 1.807) is 0 Å². The molecule has 0 bridgehead atoms. The summed E-state index contributed by atoms with van der Waals surface area (Å²) >= 11 is 1.36. The number of rotatable bonds is 2. The third-order valence-electron chi connectivity index (χ3n) is 2.25. The number of amides is 1. The number of aromatic nitrogens is 2. The number of hydrogen-bond donors (Lipinski definition) is 1. The topological polar surface area (TPSA) is 54.9 Å². The molecule has 17 heavy (non-hydrogen) atoms. The van der Waals surface area contributed by atoms with Gasteiger partial charge in [0.15, 0.2) is 5.13 Å². The zero-order chi connectivity index (χ0) is 12.4. The molecule has 0 aliphatic rings. The second-order valence-corrected chi connectivity index (χ2v) is 4.66. The maximum absolute atomic E-state index is 13.2. The van der Waals surface area contributed by atoms with Crippen LogP contribution in [0.4, 0.5) is 9.52 Å². The predicted molar refractivity (Wildman–Crippen MR) is 63.7 cm³/mol. The third kappa shape index (κ3) is 2.47. The number of nitrogens with one attached hydrogen (secondary N) is 1. The summed E-state index contributed by atoms with van der Waals surface area (Å²) in [5, 5.41) is 3.02. The highest BCUT2D eigenvalue weighted by Gasteiger charge is 2.14. The van der Waals surface area contributed by atoms with E-state index < -0.39 is 11.9 Å². The van der Waals surface area contributed by atoms with Crippen molar-refractivity contribution in [3.8, 4) is 0 Å². The largest absolute Gasteiger partial charge is 0.298 e. The second-order valence-electron chi connectivity index (χ2n) is 3.46. The molecule has 0 spiro atoms. The SMILES string of the molecule is Cc1nc(NC(=O)c2cccnc2F)sc1C. The van der Waals surface area contributed by atoms with Gasteiger partial charge in [0.2, 0.25) is 5.95 Å². The summed E-state index contributed by atoms with van der Waals surface area (Å²) in [6.07, 6.45) is 1.30. The molecule has 0 aliphatic heterocycles. The number of nitrogens with zero attached hydrogens (tertiary/aromatic N) is 2. The number of aryl methyl sites for hydroxylation is 2. The maximum atomic E-state index is 13.2. The first kappa shape index (κ1) is 11.7. The lowest BCUT2D eigenvalue weighted by Crippen LogP contribution is -2.14. The van der Waals surface area contributed by atoms with Crippen LogP contribution >= 0.6 is 11.3 Å². The molecule has 0 aromatic carbocycles. The van der Waals surface area contributed by atoms with Crippen LogP contribution in [0, 0.1) is 19.8 Å². The molecule has 0 saturated carbocycles. The molecule has 1 N–H and O–H groups in total. The third-order valence-corrected chi connectivity index (χ3v) is 3.24. The molecule has 0 unspecified atom stereocenters. The van der Waals surface area contributed by atoms with Crippen molar-refractivity contribution in [3.05, 3.63) is 40.4 Å². The Morgan fingerprint density at radius 2 is 2.24 bits per heavy atom. The number of carbonyl (C=O) groups excluding carboxylic acids is 1. The molecule has 6 heteroatoms. The normalized spacial score (nSPS) is 10.3. The molecule has 2 aromatic heterocycles. The van der Waals surface area contributed by atoms with E-state index in [2.05, 4.69) is 15.3 Å². The van der Waals surface area contributed by atoms with Gasteiger partial charge in [-0.15, -0.1) is 11.3 Å². The van der Waals surface area contributed by atoms with E-state index in [0.29, 0.717) is 5.13 Å². The zero-order valence-corrected chi connectivity index (χ0v) is 10.1. The second kappa shape index (κ2) is 4.58. The van der Waals surface area contributed by atoms with Crippen molar-refractivity contribution in [2.24, 2.45) is 0 Å². The lowest BCUT2D eigenvalue weighted by atomic mass is 10.2. The van der Waals surface area contributed by atoms with Gasteiger partial charge in [-0.3, -0.25) is 10.1 Å². The summed E-state index contributed by atoms with van der Waals surface area (Å²) < 4.78 is 13.2. The van der Waals surface area contributed by atoms with Gasteiger partial charge in [0, 0.05) is 11.1 Å². The van der Waals surface area contributed by atoms with E-state index in [1.165, 1.54) is 29.7 Å². The van der Waals surface area contributed by atoms with E-state index in [0.717, 1.165) is 10.6 Å². The molecule has 2 rings (SSSR count). The Hall–Kier alpha value is -1.82. The maximum Gasteiger partial charge on any atom is 0.262 e. The van der Waals surface area contributed by atoms with Crippen LogP contribution in [0.15, 0.2) is 18.3 Å². The van der Waals surface area contributed by atoms with Crippen LogP contribution in [0.3, 0.4) is 0 Å². The first-order valence-corrected chi connectivity index (χ1v) is 5.75. The number of hydrogen-bond acceptors (Lipinski definition) is 4. The van der Waals surface area contributed by atoms with E-state index >= 15 is 0 Å². The minimum Gasteiger partial charge on any atom is -0.298 e. The van der Waals surface area contributed by atoms with Gasteiger partial charge in [0.25, 0.3) is 5.91 Å². The van der Waals surface area contributed by atoms with Crippen molar-refractivity contribution in [2.45, 2.75) is 13.8 Å². The molecule has 0 aliphatic carbocycles. The molecule has 0 radical (unpaired) electrons. The average Bonchev–Trinajstić information content (AvgIpc) is 2.58. The van der Waals surface area contributed by atoms with Crippen LogP contribution in [0.2, 0.25) is 0 Å². The summed E-state index contributed by atoms with van der Waals surface area (Å²) in [5.74, 6) is -1.32. The highest BCUT2D eigenvalue weighted by molar-refractivity contribution is 7.15. The molecule has 0 saturated heterocycles. The molecule has 0 fully saturated rings.